The van der Waals surface area contributed by atoms with E-state index >= 15 is 0 Å². The molecular weight excluding hydrogens is 349 g/mol. The maximum Gasteiger partial charge on any atom is 0.573 e. The van der Waals surface area contributed by atoms with E-state index in [1.54, 1.807) is 12.1 Å². The van der Waals surface area contributed by atoms with Crippen molar-refractivity contribution in [2.45, 2.75) is 19.2 Å². The van der Waals surface area contributed by atoms with Crippen LogP contribution in [0.15, 0.2) is 42.5 Å². The minimum absolute atomic E-state index is 0.169. The molecule has 2 aromatic carbocycles. The van der Waals surface area contributed by atoms with Gasteiger partial charge in [-0.05, 0) is 47.4 Å². The van der Waals surface area contributed by atoms with Gasteiger partial charge in [0.15, 0.2) is 0 Å². The highest BCUT2D eigenvalue weighted by Gasteiger charge is 2.31. The fourth-order valence-electron chi connectivity index (χ4n) is 2.92. The van der Waals surface area contributed by atoms with Gasteiger partial charge in [0, 0.05) is 12.1 Å². The number of hydrogen-bond donors (Lipinski definition) is 1. The van der Waals surface area contributed by atoms with Crippen LogP contribution >= 0.6 is 0 Å². The lowest BCUT2D eigenvalue weighted by atomic mass is 9.96. The van der Waals surface area contributed by atoms with Gasteiger partial charge in [-0.3, -0.25) is 9.59 Å². The average Bonchev–Trinajstić information content (AvgIpc) is 2.56. The Kier molecular flexibility index (Phi) is 4.58. The summed E-state index contributed by atoms with van der Waals surface area (Å²) >= 11 is 0. The average molecular weight is 364 g/mol. The van der Waals surface area contributed by atoms with Crippen LogP contribution in [0.25, 0.3) is 11.1 Å². The number of halogens is 3. The lowest BCUT2D eigenvalue weighted by molar-refractivity contribution is -0.274. The largest absolute Gasteiger partial charge is 0.573 e. The zero-order valence-corrected chi connectivity index (χ0v) is 13.5. The molecule has 0 spiro atoms. The standard InChI is InChI=1S/C18H15F3N2O3/c19-18(20,21)26-14-5-1-11(2-6-14)12-3-7-15-13(9-12)4-8-17(25)23(15)10-16(22)24/h1-3,5-7,9H,4,8,10H2,(H2,22,24). The van der Waals surface area contributed by atoms with Crippen molar-refractivity contribution in [1.82, 2.24) is 0 Å². The summed E-state index contributed by atoms with van der Waals surface area (Å²) in [6.45, 7) is -0.186. The van der Waals surface area contributed by atoms with Crippen molar-refractivity contribution in [3.8, 4) is 16.9 Å². The minimum Gasteiger partial charge on any atom is -0.406 e. The normalized spacial score (nSPS) is 14.1. The molecule has 1 aliphatic heterocycles. The lowest BCUT2D eigenvalue weighted by Gasteiger charge is -2.28. The van der Waals surface area contributed by atoms with Crippen molar-refractivity contribution in [2.75, 3.05) is 11.4 Å². The molecule has 1 aliphatic rings. The Morgan fingerprint density at radius 3 is 2.35 bits per heavy atom. The van der Waals surface area contributed by atoms with Crippen molar-refractivity contribution in [3.05, 3.63) is 48.0 Å². The molecule has 0 radical (unpaired) electrons. The summed E-state index contributed by atoms with van der Waals surface area (Å²) in [5, 5.41) is 0. The first-order valence-corrected chi connectivity index (χ1v) is 7.81. The van der Waals surface area contributed by atoms with Gasteiger partial charge in [0.05, 0.1) is 0 Å². The number of primary amides is 1. The van der Waals surface area contributed by atoms with Gasteiger partial charge in [-0.25, -0.2) is 0 Å². The zero-order chi connectivity index (χ0) is 18.9. The molecule has 0 aliphatic carbocycles. The fourth-order valence-corrected chi connectivity index (χ4v) is 2.92. The first-order chi connectivity index (χ1) is 12.2. The molecule has 1 heterocycles. The monoisotopic (exact) mass is 364 g/mol. The molecule has 2 amide bonds. The number of fused-ring (bicyclic) bond motifs is 1. The Morgan fingerprint density at radius 2 is 1.73 bits per heavy atom. The number of carbonyl (C=O) groups excluding carboxylic acids is 2. The summed E-state index contributed by atoms with van der Waals surface area (Å²) in [5.41, 5.74) is 8.19. The third kappa shape index (κ3) is 3.96. The van der Waals surface area contributed by atoms with Gasteiger partial charge in [0.25, 0.3) is 0 Å². The van der Waals surface area contributed by atoms with Gasteiger partial charge in [0.1, 0.15) is 12.3 Å². The number of amides is 2. The molecule has 2 aromatic rings. The molecule has 0 saturated heterocycles. The molecule has 2 N–H and O–H groups in total. The lowest BCUT2D eigenvalue weighted by Crippen LogP contribution is -2.41. The maximum atomic E-state index is 12.2. The molecule has 0 unspecified atom stereocenters. The summed E-state index contributed by atoms with van der Waals surface area (Å²) in [4.78, 5) is 24.5. The molecule has 3 rings (SSSR count). The van der Waals surface area contributed by atoms with Gasteiger partial charge >= 0.3 is 6.36 Å². The summed E-state index contributed by atoms with van der Waals surface area (Å²) in [6.07, 6.45) is -3.95. The van der Waals surface area contributed by atoms with Gasteiger partial charge in [0.2, 0.25) is 11.8 Å². The van der Waals surface area contributed by atoms with E-state index in [1.807, 2.05) is 6.07 Å². The highest BCUT2D eigenvalue weighted by molar-refractivity contribution is 6.01. The van der Waals surface area contributed by atoms with Gasteiger partial charge in [-0.1, -0.05) is 18.2 Å². The Balaban J connectivity index is 1.87. The van der Waals surface area contributed by atoms with Crippen molar-refractivity contribution in [1.29, 1.82) is 0 Å². The summed E-state index contributed by atoms with van der Waals surface area (Å²) in [5.74, 6) is -1.06. The third-order valence-corrected chi connectivity index (χ3v) is 4.01. The number of ether oxygens (including phenoxy) is 1. The number of rotatable bonds is 4. The molecule has 26 heavy (non-hydrogen) atoms. The van der Waals surface area contributed by atoms with Crippen molar-refractivity contribution >= 4 is 17.5 Å². The van der Waals surface area contributed by atoms with E-state index in [-0.39, 0.29) is 24.6 Å². The second-order valence-corrected chi connectivity index (χ2v) is 5.86. The van der Waals surface area contributed by atoms with Crippen molar-refractivity contribution in [2.24, 2.45) is 5.73 Å². The van der Waals surface area contributed by atoms with Crippen LogP contribution in [0.4, 0.5) is 18.9 Å². The van der Waals surface area contributed by atoms with E-state index in [0.717, 1.165) is 11.1 Å². The van der Waals surface area contributed by atoms with Crippen LogP contribution in [-0.4, -0.2) is 24.7 Å². The Morgan fingerprint density at radius 1 is 1.08 bits per heavy atom. The first-order valence-electron chi connectivity index (χ1n) is 7.81. The molecule has 8 heteroatoms. The fraction of sp³-hybridized carbons (Fsp3) is 0.222. The summed E-state index contributed by atoms with van der Waals surface area (Å²) < 4.78 is 40.5. The number of nitrogens with two attached hydrogens (primary N) is 1. The van der Waals surface area contributed by atoms with Crippen molar-refractivity contribution < 1.29 is 27.5 Å². The minimum atomic E-state index is -4.73. The van der Waals surface area contributed by atoms with E-state index in [4.69, 9.17) is 5.73 Å². The number of hydrogen-bond acceptors (Lipinski definition) is 3. The molecule has 0 saturated carbocycles. The van der Waals surface area contributed by atoms with Crippen LogP contribution in [0.5, 0.6) is 5.75 Å². The predicted octanol–water partition coefficient (Wildman–Crippen LogP) is 3.02. The smallest absolute Gasteiger partial charge is 0.406 e. The van der Waals surface area contributed by atoms with Gasteiger partial charge in [-0.15, -0.1) is 13.2 Å². The molecule has 136 valence electrons. The van der Waals surface area contributed by atoms with Gasteiger partial charge in [-0.2, -0.15) is 0 Å². The molecule has 0 fully saturated rings. The van der Waals surface area contributed by atoms with Crippen LogP contribution < -0.4 is 15.4 Å². The maximum absolute atomic E-state index is 12.2. The van der Waals surface area contributed by atoms with Crippen LogP contribution in [0.2, 0.25) is 0 Å². The zero-order valence-electron chi connectivity index (χ0n) is 13.5. The number of benzene rings is 2. The molecule has 0 atom stereocenters. The number of anilines is 1. The van der Waals surface area contributed by atoms with Crippen LogP contribution in [-0.2, 0) is 16.0 Å². The Bertz CT molecular complexity index is 848. The van der Waals surface area contributed by atoms with Crippen LogP contribution in [0.1, 0.15) is 12.0 Å². The number of nitrogens with zero attached hydrogens (tertiary/aromatic N) is 1. The van der Waals surface area contributed by atoms with E-state index in [1.165, 1.54) is 29.2 Å². The Hall–Kier alpha value is -3.03. The first kappa shape index (κ1) is 17.8. The Labute approximate surface area is 147 Å². The summed E-state index contributed by atoms with van der Waals surface area (Å²) in [6, 6.07) is 10.8. The van der Waals surface area contributed by atoms with E-state index in [2.05, 4.69) is 4.74 Å². The molecular formula is C18H15F3N2O3. The van der Waals surface area contributed by atoms with E-state index in [9.17, 15) is 22.8 Å². The SMILES string of the molecule is NC(=O)CN1C(=O)CCc2cc(-c3ccc(OC(F)(F)F)cc3)ccc21. The predicted molar refractivity (Wildman–Crippen MR) is 88.4 cm³/mol. The second-order valence-electron chi connectivity index (χ2n) is 5.86. The third-order valence-electron chi connectivity index (χ3n) is 4.01. The number of carbonyl (C=O) groups is 2. The number of aryl methyl sites for hydroxylation is 1. The van der Waals surface area contributed by atoms with E-state index < -0.39 is 12.3 Å². The number of alkyl halides is 3. The second kappa shape index (κ2) is 6.70. The van der Waals surface area contributed by atoms with Crippen molar-refractivity contribution in [3.63, 3.8) is 0 Å². The highest BCUT2D eigenvalue weighted by Crippen LogP contribution is 2.33. The quantitative estimate of drug-likeness (QED) is 0.906. The van der Waals surface area contributed by atoms with Crippen LogP contribution in [0.3, 0.4) is 0 Å². The molecule has 5 nitrogen and oxygen atoms in total. The topological polar surface area (TPSA) is 72.6 Å². The van der Waals surface area contributed by atoms with E-state index in [0.29, 0.717) is 17.7 Å². The highest BCUT2D eigenvalue weighted by atomic mass is 19.4. The molecule has 0 bridgehead atoms. The van der Waals surface area contributed by atoms with Gasteiger partial charge < -0.3 is 15.4 Å². The summed E-state index contributed by atoms with van der Waals surface area (Å²) in [7, 11) is 0. The van der Waals surface area contributed by atoms with Crippen LogP contribution in [0, 0.1) is 0 Å². The molecule has 0 aromatic heterocycles.